The van der Waals surface area contributed by atoms with Gasteiger partial charge in [-0.1, -0.05) is 17.7 Å². The quantitative estimate of drug-likeness (QED) is 0.373. The second kappa shape index (κ2) is 5.94. The van der Waals surface area contributed by atoms with Crippen LogP contribution in [0.4, 0.5) is 0 Å². The van der Waals surface area contributed by atoms with Gasteiger partial charge in [-0.3, -0.25) is 10.2 Å². The number of aryl methyl sites for hydroxylation is 2. The average molecular weight is 275 g/mol. The molecule has 1 heterocycles. The molecule has 1 aromatic carbocycles. The third-order valence-electron chi connectivity index (χ3n) is 3.71. The molecule has 0 atom stereocenters. The molecule has 0 spiro atoms. The van der Waals surface area contributed by atoms with Crippen molar-refractivity contribution in [3.05, 3.63) is 29.3 Å². The van der Waals surface area contributed by atoms with Gasteiger partial charge in [0.1, 0.15) is 5.75 Å². The number of hydrogen-bond donors (Lipinski definition) is 2. The van der Waals surface area contributed by atoms with Crippen molar-refractivity contribution >= 4 is 11.9 Å². The Kier molecular flexibility index (Phi) is 4.27. The summed E-state index contributed by atoms with van der Waals surface area (Å²) in [6, 6.07) is 5.78. The van der Waals surface area contributed by atoms with Crippen molar-refractivity contribution in [1.29, 1.82) is 5.41 Å². The molecule has 0 aliphatic carbocycles. The summed E-state index contributed by atoms with van der Waals surface area (Å²) in [5.74, 6) is 0.423. The number of hydrogen-bond acceptors (Lipinski definition) is 3. The minimum Gasteiger partial charge on any atom is -0.426 e. The van der Waals surface area contributed by atoms with Crippen molar-refractivity contribution < 1.29 is 9.53 Å². The maximum absolute atomic E-state index is 12.2. The summed E-state index contributed by atoms with van der Waals surface area (Å²) in [5, 5.41) is 7.38. The Morgan fingerprint density at radius 1 is 1.35 bits per heavy atom. The monoisotopic (exact) mass is 275 g/mol. The Labute approximate surface area is 119 Å². The molecule has 108 valence electrons. The van der Waals surface area contributed by atoms with Crippen molar-refractivity contribution in [3.63, 3.8) is 0 Å². The number of ether oxygens (including phenoxy) is 1. The number of esters is 1. The number of carbonyl (C=O) groups excluding carboxylic acids is 1. The molecule has 1 aromatic rings. The highest BCUT2D eigenvalue weighted by atomic mass is 16.5. The van der Waals surface area contributed by atoms with Gasteiger partial charge in [0.15, 0.2) is 5.96 Å². The van der Waals surface area contributed by atoms with Gasteiger partial charge in [-0.25, -0.2) is 0 Å². The van der Waals surface area contributed by atoms with Crippen LogP contribution in [0.3, 0.4) is 0 Å². The first-order valence-corrected chi connectivity index (χ1v) is 6.85. The number of carbonyl (C=O) groups is 1. The summed E-state index contributed by atoms with van der Waals surface area (Å²) >= 11 is 0. The van der Waals surface area contributed by atoms with Crippen molar-refractivity contribution in [3.8, 4) is 5.75 Å². The first-order valence-electron chi connectivity index (χ1n) is 6.85. The zero-order valence-electron chi connectivity index (χ0n) is 12.0. The second-order valence-corrected chi connectivity index (χ2v) is 5.34. The number of rotatable bonds is 2. The Balaban J connectivity index is 1.94. The molecule has 3 N–H and O–H groups in total. The maximum atomic E-state index is 12.2. The molecule has 0 bridgehead atoms. The average Bonchev–Trinajstić information content (AvgIpc) is 2.42. The van der Waals surface area contributed by atoms with Crippen LogP contribution in [0.2, 0.25) is 0 Å². The normalized spacial score (nSPS) is 16.0. The maximum Gasteiger partial charge on any atom is 0.314 e. The Hall–Kier alpha value is -2.04. The molecule has 0 aromatic heterocycles. The third-order valence-corrected chi connectivity index (χ3v) is 3.71. The van der Waals surface area contributed by atoms with Gasteiger partial charge in [-0.15, -0.1) is 0 Å². The van der Waals surface area contributed by atoms with Crippen molar-refractivity contribution in [2.45, 2.75) is 26.7 Å². The molecular weight excluding hydrogens is 254 g/mol. The standard InChI is InChI=1S/C15H21N3O2/c1-10-3-4-13(11(2)9-10)20-14(19)12-5-7-18(8-6-12)15(16)17/h3-4,9,12H,5-8H2,1-2H3,(H3,16,17). The van der Waals surface area contributed by atoms with Gasteiger partial charge in [-0.2, -0.15) is 0 Å². The van der Waals surface area contributed by atoms with E-state index >= 15 is 0 Å². The zero-order valence-corrected chi connectivity index (χ0v) is 12.0. The lowest BCUT2D eigenvalue weighted by atomic mass is 9.97. The minimum absolute atomic E-state index is 0.0752. The highest BCUT2D eigenvalue weighted by molar-refractivity contribution is 5.77. The lowest BCUT2D eigenvalue weighted by Crippen LogP contribution is -2.44. The summed E-state index contributed by atoms with van der Waals surface area (Å²) in [6.45, 7) is 5.23. The van der Waals surface area contributed by atoms with Crippen molar-refractivity contribution in [2.24, 2.45) is 11.7 Å². The Morgan fingerprint density at radius 2 is 2.00 bits per heavy atom. The Morgan fingerprint density at radius 3 is 2.55 bits per heavy atom. The molecule has 1 aliphatic rings. The van der Waals surface area contributed by atoms with Crippen LogP contribution >= 0.6 is 0 Å². The van der Waals surface area contributed by atoms with E-state index in [0.717, 1.165) is 11.1 Å². The topological polar surface area (TPSA) is 79.4 Å². The van der Waals surface area contributed by atoms with E-state index in [-0.39, 0.29) is 17.8 Å². The zero-order chi connectivity index (χ0) is 14.7. The molecule has 2 rings (SSSR count). The van der Waals surface area contributed by atoms with Gasteiger partial charge < -0.3 is 15.4 Å². The summed E-state index contributed by atoms with van der Waals surface area (Å²) in [4.78, 5) is 13.9. The number of guanidine groups is 1. The van der Waals surface area contributed by atoms with Gasteiger partial charge in [-0.05, 0) is 38.3 Å². The third kappa shape index (κ3) is 3.29. The molecule has 5 heteroatoms. The van der Waals surface area contributed by atoms with Crippen LogP contribution in [-0.2, 0) is 4.79 Å². The van der Waals surface area contributed by atoms with Gasteiger partial charge in [0.25, 0.3) is 0 Å². The van der Waals surface area contributed by atoms with Gasteiger partial charge in [0.05, 0.1) is 5.92 Å². The lowest BCUT2D eigenvalue weighted by Gasteiger charge is -2.30. The predicted molar refractivity (Wildman–Crippen MR) is 77.8 cm³/mol. The molecule has 0 unspecified atom stereocenters. The van der Waals surface area contributed by atoms with Crippen LogP contribution in [0.25, 0.3) is 0 Å². The molecule has 20 heavy (non-hydrogen) atoms. The van der Waals surface area contributed by atoms with E-state index in [2.05, 4.69) is 0 Å². The van der Waals surface area contributed by atoms with Gasteiger partial charge in [0, 0.05) is 13.1 Å². The van der Waals surface area contributed by atoms with Crippen molar-refractivity contribution in [1.82, 2.24) is 4.90 Å². The number of nitrogens with one attached hydrogen (secondary N) is 1. The van der Waals surface area contributed by atoms with E-state index in [0.29, 0.717) is 31.7 Å². The van der Waals surface area contributed by atoms with Crippen molar-refractivity contribution in [2.75, 3.05) is 13.1 Å². The van der Waals surface area contributed by atoms with Crippen LogP contribution < -0.4 is 10.5 Å². The van der Waals surface area contributed by atoms with Gasteiger partial charge in [0.2, 0.25) is 0 Å². The highest BCUT2D eigenvalue weighted by Crippen LogP contribution is 2.23. The summed E-state index contributed by atoms with van der Waals surface area (Å²) < 4.78 is 5.49. The SMILES string of the molecule is Cc1ccc(OC(=O)C2CCN(C(=N)N)CC2)c(C)c1. The predicted octanol–water partition coefficient (Wildman–Crippen LogP) is 1.81. The summed E-state index contributed by atoms with van der Waals surface area (Å²) in [6.07, 6.45) is 1.37. The molecule has 0 saturated carbocycles. The van der Waals surface area contributed by atoms with Crippen LogP contribution in [0.1, 0.15) is 24.0 Å². The fourth-order valence-corrected chi connectivity index (χ4v) is 2.46. The van der Waals surface area contributed by atoms with Crippen LogP contribution in [0.15, 0.2) is 18.2 Å². The van der Waals surface area contributed by atoms with E-state index in [1.807, 2.05) is 32.0 Å². The summed E-state index contributed by atoms with van der Waals surface area (Å²) in [5.41, 5.74) is 7.56. The van der Waals surface area contributed by atoms with Crippen LogP contribution in [0, 0.1) is 25.2 Å². The molecule has 5 nitrogen and oxygen atoms in total. The van der Waals surface area contributed by atoms with Crippen LogP contribution in [-0.4, -0.2) is 29.9 Å². The summed E-state index contributed by atoms with van der Waals surface area (Å²) in [7, 11) is 0. The number of piperidine rings is 1. The first-order chi connectivity index (χ1) is 9.47. The van der Waals surface area contributed by atoms with E-state index < -0.39 is 0 Å². The smallest absolute Gasteiger partial charge is 0.314 e. The number of likely N-dealkylation sites (tertiary alicyclic amines) is 1. The molecular formula is C15H21N3O2. The molecule has 1 aliphatic heterocycles. The fraction of sp³-hybridized carbons (Fsp3) is 0.467. The minimum atomic E-state index is -0.180. The highest BCUT2D eigenvalue weighted by Gasteiger charge is 2.27. The fourth-order valence-electron chi connectivity index (χ4n) is 2.46. The number of nitrogens with zero attached hydrogens (tertiary/aromatic N) is 1. The van der Waals surface area contributed by atoms with E-state index in [4.69, 9.17) is 15.9 Å². The first kappa shape index (κ1) is 14.4. The number of nitrogens with two attached hydrogens (primary N) is 1. The van der Waals surface area contributed by atoms with E-state index in [1.165, 1.54) is 0 Å². The lowest BCUT2D eigenvalue weighted by molar-refractivity contribution is -0.140. The van der Waals surface area contributed by atoms with Crippen LogP contribution in [0.5, 0.6) is 5.75 Å². The molecule has 0 radical (unpaired) electrons. The molecule has 1 fully saturated rings. The Bertz CT molecular complexity index is 520. The van der Waals surface area contributed by atoms with E-state index in [1.54, 1.807) is 4.90 Å². The molecule has 1 saturated heterocycles. The largest absolute Gasteiger partial charge is 0.426 e. The molecule has 0 amide bonds. The second-order valence-electron chi connectivity index (χ2n) is 5.34. The number of benzene rings is 1. The van der Waals surface area contributed by atoms with E-state index in [9.17, 15) is 4.79 Å². The van der Waals surface area contributed by atoms with Gasteiger partial charge >= 0.3 is 5.97 Å².